The third kappa shape index (κ3) is 9.18. The predicted octanol–water partition coefficient (Wildman–Crippen LogP) is 2.48. The third-order valence-electron chi connectivity index (χ3n) is 3.84. The van der Waals surface area contributed by atoms with Crippen LogP contribution in [0.4, 0.5) is 0 Å². The van der Waals surface area contributed by atoms with Gasteiger partial charge in [-0.15, -0.1) is 0 Å². The molecular weight excluding hydrogens is 300 g/mol. The van der Waals surface area contributed by atoms with Crippen molar-refractivity contribution in [3.8, 4) is 0 Å². The molecule has 0 bridgehead atoms. The molecule has 0 aliphatic carbocycles. The zero-order chi connectivity index (χ0) is 17.6. The maximum atomic E-state index is 11.9. The Kier molecular flexibility index (Phi) is 10.3. The number of benzene rings is 1. The Hall–Kier alpha value is -2.04. The molecule has 1 aromatic rings. The SMILES string of the molecule is CCCCCC(C)NC(=NC)NCC(=O)NCCc1ccccc1. The van der Waals surface area contributed by atoms with Crippen LogP contribution in [0.25, 0.3) is 0 Å². The van der Waals surface area contributed by atoms with E-state index in [-0.39, 0.29) is 12.5 Å². The van der Waals surface area contributed by atoms with E-state index in [1.165, 1.54) is 24.8 Å². The first-order valence-corrected chi connectivity index (χ1v) is 8.93. The van der Waals surface area contributed by atoms with E-state index in [4.69, 9.17) is 0 Å². The highest BCUT2D eigenvalue weighted by atomic mass is 16.1. The van der Waals surface area contributed by atoms with E-state index in [0.29, 0.717) is 18.5 Å². The van der Waals surface area contributed by atoms with Crippen molar-refractivity contribution in [1.29, 1.82) is 0 Å². The summed E-state index contributed by atoms with van der Waals surface area (Å²) < 4.78 is 0. The van der Waals surface area contributed by atoms with Crippen LogP contribution in [0.5, 0.6) is 0 Å². The summed E-state index contributed by atoms with van der Waals surface area (Å²) in [5.41, 5.74) is 1.23. The Morgan fingerprint density at radius 1 is 1.17 bits per heavy atom. The molecule has 0 heterocycles. The highest BCUT2D eigenvalue weighted by Crippen LogP contribution is 2.02. The molecule has 134 valence electrons. The summed E-state index contributed by atoms with van der Waals surface area (Å²) in [7, 11) is 1.72. The van der Waals surface area contributed by atoms with E-state index < -0.39 is 0 Å². The number of nitrogens with one attached hydrogen (secondary N) is 3. The van der Waals surface area contributed by atoms with Gasteiger partial charge < -0.3 is 16.0 Å². The van der Waals surface area contributed by atoms with Crippen LogP contribution in [0.3, 0.4) is 0 Å². The van der Waals surface area contributed by atoms with Crippen LogP contribution >= 0.6 is 0 Å². The molecule has 24 heavy (non-hydrogen) atoms. The first-order valence-electron chi connectivity index (χ1n) is 8.93. The minimum Gasteiger partial charge on any atom is -0.354 e. The van der Waals surface area contributed by atoms with Crippen molar-refractivity contribution in [3.63, 3.8) is 0 Å². The van der Waals surface area contributed by atoms with Gasteiger partial charge in [0.2, 0.25) is 5.91 Å². The second-order valence-electron chi connectivity index (χ2n) is 6.05. The van der Waals surface area contributed by atoms with Crippen LogP contribution in [0.15, 0.2) is 35.3 Å². The molecule has 0 saturated heterocycles. The Balaban J connectivity index is 2.19. The van der Waals surface area contributed by atoms with Crippen molar-refractivity contribution in [1.82, 2.24) is 16.0 Å². The quantitative estimate of drug-likeness (QED) is 0.350. The van der Waals surface area contributed by atoms with Gasteiger partial charge in [0.25, 0.3) is 0 Å². The second kappa shape index (κ2) is 12.4. The zero-order valence-corrected chi connectivity index (χ0v) is 15.3. The number of guanidine groups is 1. The molecule has 1 unspecified atom stereocenters. The molecule has 1 atom stereocenters. The summed E-state index contributed by atoms with van der Waals surface area (Å²) in [6.45, 7) is 5.22. The van der Waals surface area contributed by atoms with E-state index >= 15 is 0 Å². The van der Waals surface area contributed by atoms with Crippen LogP contribution in [0.1, 0.15) is 45.1 Å². The molecule has 1 rings (SSSR count). The molecule has 5 heteroatoms. The molecular formula is C19H32N4O. The number of carbonyl (C=O) groups is 1. The predicted molar refractivity (Wildman–Crippen MR) is 101 cm³/mol. The number of hydrogen-bond acceptors (Lipinski definition) is 2. The number of unbranched alkanes of at least 4 members (excludes halogenated alkanes) is 2. The Morgan fingerprint density at radius 3 is 2.58 bits per heavy atom. The molecule has 3 N–H and O–H groups in total. The first-order chi connectivity index (χ1) is 11.7. The van der Waals surface area contributed by atoms with Crippen molar-refractivity contribution >= 4 is 11.9 Å². The zero-order valence-electron chi connectivity index (χ0n) is 15.3. The average molecular weight is 332 g/mol. The minimum atomic E-state index is -0.0208. The normalized spacial score (nSPS) is 12.5. The molecule has 0 saturated carbocycles. The average Bonchev–Trinajstić information content (AvgIpc) is 2.59. The molecule has 1 aromatic carbocycles. The van der Waals surface area contributed by atoms with Crippen molar-refractivity contribution in [2.45, 2.75) is 52.0 Å². The fraction of sp³-hybridized carbons (Fsp3) is 0.579. The smallest absolute Gasteiger partial charge is 0.239 e. The lowest BCUT2D eigenvalue weighted by atomic mass is 10.1. The van der Waals surface area contributed by atoms with Gasteiger partial charge in [-0.2, -0.15) is 0 Å². The number of hydrogen-bond donors (Lipinski definition) is 3. The second-order valence-corrected chi connectivity index (χ2v) is 6.05. The monoisotopic (exact) mass is 332 g/mol. The minimum absolute atomic E-state index is 0.0208. The fourth-order valence-corrected chi connectivity index (χ4v) is 2.42. The van der Waals surface area contributed by atoms with E-state index in [9.17, 15) is 4.79 Å². The molecule has 0 radical (unpaired) electrons. The van der Waals surface area contributed by atoms with Gasteiger partial charge in [0.15, 0.2) is 5.96 Å². The van der Waals surface area contributed by atoms with E-state index in [1.807, 2.05) is 18.2 Å². The Bertz CT molecular complexity index is 487. The van der Waals surface area contributed by atoms with E-state index in [0.717, 1.165) is 12.8 Å². The lowest BCUT2D eigenvalue weighted by Crippen LogP contribution is -2.46. The van der Waals surface area contributed by atoms with Crippen molar-refractivity contribution in [2.24, 2.45) is 4.99 Å². The molecule has 5 nitrogen and oxygen atoms in total. The van der Waals surface area contributed by atoms with Gasteiger partial charge in [-0.05, 0) is 25.3 Å². The summed E-state index contributed by atoms with van der Waals surface area (Å²) in [4.78, 5) is 16.1. The standard InChI is InChI=1S/C19H32N4O/c1-4-5-7-10-16(2)23-19(20-3)22-15-18(24)21-14-13-17-11-8-6-9-12-17/h6,8-9,11-12,16H,4-5,7,10,13-15H2,1-3H3,(H,21,24)(H2,20,22,23). The van der Waals surface area contributed by atoms with Crippen molar-refractivity contribution in [3.05, 3.63) is 35.9 Å². The van der Waals surface area contributed by atoms with Crippen LogP contribution in [0, 0.1) is 0 Å². The summed E-state index contributed by atoms with van der Waals surface area (Å²) in [5, 5.41) is 9.31. The lowest BCUT2D eigenvalue weighted by Gasteiger charge is -2.17. The topological polar surface area (TPSA) is 65.5 Å². The Labute approximate surface area is 146 Å². The maximum absolute atomic E-state index is 11.9. The van der Waals surface area contributed by atoms with Gasteiger partial charge in [0.05, 0.1) is 6.54 Å². The summed E-state index contributed by atoms with van der Waals surface area (Å²) in [6.07, 6.45) is 5.64. The number of rotatable bonds is 10. The molecule has 1 amide bonds. The molecule has 0 fully saturated rings. The van der Waals surface area contributed by atoms with Crippen LogP contribution < -0.4 is 16.0 Å². The van der Waals surface area contributed by atoms with E-state index in [1.54, 1.807) is 7.05 Å². The highest BCUT2D eigenvalue weighted by Gasteiger charge is 2.07. The van der Waals surface area contributed by atoms with Gasteiger partial charge in [0.1, 0.15) is 0 Å². The largest absolute Gasteiger partial charge is 0.354 e. The van der Waals surface area contributed by atoms with Crippen LogP contribution in [0.2, 0.25) is 0 Å². The number of aliphatic imine (C=N–C) groups is 1. The fourth-order valence-electron chi connectivity index (χ4n) is 2.42. The summed E-state index contributed by atoms with van der Waals surface area (Å²) >= 11 is 0. The van der Waals surface area contributed by atoms with Gasteiger partial charge in [0, 0.05) is 19.6 Å². The van der Waals surface area contributed by atoms with Crippen LogP contribution in [-0.2, 0) is 11.2 Å². The molecule has 0 spiro atoms. The number of amides is 1. The Morgan fingerprint density at radius 2 is 1.92 bits per heavy atom. The number of nitrogens with zero attached hydrogens (tertiary/aromatic N) is 1. The lowest BCUT2D eigenvalue weighted by molar-refractivity contribution is -0.119. The first kappa shape index (κ1) is 20.0. The van der Waals surface area contributed by atoms with E-state index in [2.05, 4.69) is 46.9 Å². The van der Waals surface area contributed by atoms with Gasteiger partial charge in [-0.1, -0.05) is 56.5 Å². The van der Waals surface area contributed by atoms with Crippen molar-refractivity contribution < 1.29 is 4.79 Å². The summed E-state index contributed by atoms with van der Waals surface area (Å²) in [5.74, 6) is 0.657. The van der Waals surface area contributed by atoms with Crippen molar-refractivity contribution in [2.75, 3.05) is 20.1 Å². The van der Waals surface area contributed by atoms with Gasteiger partial charge in [-0.25, -0.2) is 0 Å². The van der Waals surface area contributed by atoms with Crippen LogP contribution in [-0.4, -0.2) is 38.0 Å². The maximum Gasteiger partial charge on any atom is 0.239 e. The molecule has 0 aliphatic rings. The van der Waals surface area contributed by atoms with Gasteiger partial charge in [-0.3, -0.25) is 9.79 Å². The molecule has 0 aliphatic heterocycles. The number of carbonyl (C=O) groups excluding carboxylic acids is 1. The third-order valence-corrected chi connectivity index (χ3v) is 3.84. The van der Waals surface area contributed by atoms with Gasteiger partial charge >= 0.3 is 0 Å². The highest BCUT2D eigenvalue weighted by molar-refractivity contribution is 5.86. The molecule has 0 aromatic heterocycles. The summed E-state index contributed by atoms with van der Waals surface area (Å²) in [6, 6.07) is 10.5.